The second kappa shape index (κ2) is 4.37. The van der Waals surface area contributed by atoms with E-state index in [-0.39, 0.29) is 11.5 Å². The molecule has 0 spiro atoms. The van der Waals surface area contributed by atoms with E-state index in [0.717, 1.165) is 6.07 Å². The third-order valence-electron chi connectivity index (χ3n) is 3.08. The number of halogens is 3. The molecule has 3 rings (SSSR count). The van der Waals surface area contributed by atoms with Crippen molar-refractivity contribution >= 4 is 11.6 Å². The Labute approximate surface area is 116 Å². The first-order chi connectivity index (χ1) is 9.88. The zero-order valence-corrected chi connectivity index (χ0v) is 10.5. The van der Waals surface area contributed by atoms with Crippen LogP contribution in [0.25, 0.3) is 16.8 Å². The number of hydrogen-bond donors (Lipinski definition) is 2. The molecule has 0 aliphatic heterocycles. The van der Waals surface area contributed by atoms with Gasteiger partial charge >= 0.3 is 6.18 Å². The molecule has 0 bridgehead atoms. The summed E-state index contributed by atoms with van der Waals surface area (Å²) in [5.74, 6) is -0.335. The van der Waals surface area contributed by atoms with Gasteiger partial charge in [0.1, 0.15) is 5.75 Å². The molecule has 0 atom stereocenters. The number of anilines is 1. The van der Waals surface area contributed by atoms with Crippen molar-refractivity contribution in [2.45, 2.75) is 6.18 Å². The van der Waals surface area contributed by atoms with Gasteiger partial charge in [-0.15, -0.1) is 10.2 Å². The summed E-state index contributed by atoms with van der Waals surface area (Å²) >= 11 is 0. The molecule has 8 heteroatoms. The van der Waals surface area contributed by atoms with Crippen LogP contribution in [-0.4, -0.2) is 19.7 Å². The Morgan fingerprint density at radius 3 is 2.52 bits per heavy atom. The number of hydrogen-bond acceptors (Lipinski definition) is 4. The number of rotatable bonds is 1. The van der Waals surface area contributed by atoms with Gasteiger partial charge < -0.3 is 10.8 Å². The van der Waals surface area contributed by atoms with Crippen LogP contribution < -0.4 is 5.73 Å². The smallest absolute Gasteiger partial charge is 0.416 e. The average molecular weight is 294 g/mol. The van der Waals surface area contributed by atoms with Crippen LogP contribution in [0.4, 0.5) is 19.1 Å². The predicted molar refractivity (Wildman–Crippen MR) is 69.5 cm³/mol. The second-order valence-corrected chi connectivity index (χ2v) is 4.40. The van der Waals surface area contributed by atoms with Crippen LogP contribution >= 0.6 is 0 Å². The van der Waals surface area contributed by atoms with Crippen molar-refractivity contribution < 1.29 is 18.3 Å². The molecular formula is C13H9F3N4O. The van der Waals surface area contributed by atoms with E-state index >= 15 is 0 Å². The molecule has 1 aromatic carbocycles. The van der Waals surface area contributed by atoms with Gasteiger partial charge in [-0.05, 0) is 30.3 Å². The Balaban J connectivity index is 2.20. The van der Waals surface area contributed by atoms with Crippen LogP contribution in [0.2, 0.25) is 0 Å². The Bertz CT molecular complexity index is 826. The summed E-state index contributed by atoms with van der Waals surface area (Å²) in [7, 11) is 0. The highest BCUT2D eigenvalue weighted by atomic mass is 19.4. The molecule has 0 saturated carbocycles. The van der Waals surface area contributed by atoms with Gasteiger partial charge in [0.05, 0.1) is 5.56 Å². The SMILES string of the molecule is Nc1nnc2c(-c3ccc(C(F)(F)F)cc3O)cccn12. The topological polar surface area (TPSA) is 76.4 Å². The zero-order valence-electron chi connectivity index (χ0n) is 10.5. The number of nitrogens with two attached hydrogens (primary N) is 1. The fourth-order valence-corrected chi connectivity index (χ4v) is 2.08. The number of fused-ring (bicyclic) bond motifs is 1. The van der Waals surface area contributed by atoms with Crippen molar-refractivity contribution in [2.24, 2.45) is 0 Å². The minimum Gasteiger partial charge on any atom is -0.507 e. The third-order valence-corrected chi connectivity index (χ3v) is 3.08. The van der Waals surface area contributed by atoms with E-state index in [4.69, 9.17) is 5.73 Å². The number of nitrogens with zero attached hydrogens (tertiary/aromatic N) is 3. The van der Waals surface area contributed by atoms with Gasteiger partial charge in [0.15, 0.2) is 5.65 Å². The fraction of sp³-hybridized carbons (Fsp3) is 0.0769. The lowest BCUT2D eigenvalue weighted by molar-refractivity contribution is -0.137. The Morgan fingerprint density at radius 1 is 1.10 bits per heavy atom. The average Bonchev–Trinajstić information content (AvgIpc) is 2.80. The lowest BCUT2D eigenvalue weighted by Gasteiger charge is -2.10. The molecule has 3 aromatic rings. The molecular weight excluding hydrogens is 285 g/mol. The molecule has 2 aromatic heterocycles. The van der Waals surface area contributed by atoms with Crippen molar-refractivity contribution in [2.75, 3.05) is 5.73 Å². The molecule has 2 heterocycles. The highest BCUT2D eigenvalue weighted by molar-refractivity contribution is 5.81. The standard InChI is InChI=1S/C13H9F3N4O/c14-13(15,16)7-3-4-8(10(21)6-7)9-2-1-5-20-11(9)18-19-12(20)17/h1-6,21H,(H2,17,19). The highest BCUT2D eigenvalue weighted by Gasteiger charge is 2.31. The largest absolute Gasteiger partial charge is 0.507 e. The van der Waals surface area contributed by atoms with E-state index in [2.05, 4.69) is 10.2 Å². The summed E-state index contributed by atoms with van der Waals surface area (Å²) in [4.78, 5) is 0. The van der Waals surface area contributed by atoms with E-state index < -0.39 is 17.5 Å². The number of phenolic OH excluding ortho intramolecular Hbond substituents is 1. The van der Waals surface area contributed by atoms with Gasteiger partial charge in [0, 0.05) is 17.3 Å². The van der Waals surface area contributed by atoms with Gasteiger partial charge in [-0.2, -0.15) is 13.2 Å². The minimum atomic E-state index is -4.51. The lowest BCUT2D eigenvalue weighted by Crippen LogP contribution is -2.04. The van der Waals surface area contributed by atoms with E-state index in [1.54, 1.807) is 18.3 Å². The van der Waals surface area contributed by atoms with E-state index in [0.29, 0.717) is 17.3 Å². The van der Waals surface area contributed by atoms with E-state index in [9.17, 15) is 18.3 Å². The molecule has 0 fully saturated rings. The number of benzene rings is 1. The van der Waals surface area contributed by atoms with E-state index in [1.165, 1.54) is 10.5 Å². The summed E-state index contributed by atoms with van der Waals surface area (Å²) < 4.78 is 39.3. The minimum absolute atomic E-state index is 0.151. The number of aromatic hydroxyl groups is 1. The first-order valence-electron chi connectivity index (χ1n) is 5.88. The molecule has 5 nitrogen and oxygen atoms in total. The highest BCUT2D eigenvalue weighted by Crippen LogP contribution is 2.37. The quantitative estimate of drug-likeness (QED) is 0.723. The molecule has 3 N–H and O–H groups in total. The lowest BCUT2D eigenvalue weighted by atomic mass is 10.0. The Hall–Kier alpha value is -2.77. The summed E-state index contributed by atoms with van der Waals surface area (Å²) in [6, 6.07) is 6.03. The third kappa shape index (κ3) is 2.14. The van der Waals surface area contributed by atoms with Gasteiger partial charge in [0.2, 0.25) is 5.95 Å². The van der Waals surface area contributed by atoms with Crippen LogP contribution in [0.3, 0.4) is 0 Å². The van der Waals surface area contributed by atoms with Crippen LogP contribution in [0.1, 0.15) is 5.56 Å². The second-order valence-electron chi connectivity index (χ2n) is 4.40. The number of aromatic nitrogens is 3. The van der Waals surface area contributed by atoms with Gasteiger partial charge in [-0.1, -0.05) is 0 Å². The number of alkyl halides is 3. The molecule has 108 valence electrons. The van der Waals surface area contributed by atoms with Gasteiger partial charge in [0.25, 0.3) is 0 Å². The monoisotopic (exact) mass is 294 g/mol. The Kier molecular flexibility index (Phi) is 2.75. The molecule has 0 amide bonds. The summed E-state index contributed by atoms with van der Waals surface area (Å²) in [6.45, 7) is 0. The summed E-state index contributed by atoms with van der Waals surface area (Å²) in [6.07, 6.45) is -2.89. The molecule has 21 heavy (non-hydrogen) atoms. The summed E-state index contributed by atoms with van der Waals surface area (Å²) in [5.41, 5.74) is 5.71. The fourth-order valence-electron chi connectivity index (χ4n) is 2.08. The molecule has 0 aliphatic rings. The molecule has 0 radical (unpaired) electrons. The maximum Gasteiger partial charge on any atom is 0.416 e. The van der Waals surface area contributed by atoms with Gasteiger partial charge in [-0.25, -0.2) is 0 Å². The van der Waals surface area contributed by atoms with Crippen molar-refractivity contribution in [3.8, 4) is 16.9 Å². The van der Waals surface area contributed by atoms with Crippen molar-refractivity contribution in [1.29, 1.82) is 0 Å². The van der Waals surface area contributed by atoms with Gasteiger partial charge in [-0.3, -0.25) is 4.40 Å². The molecule has 0 unspecified atom stereocenters. The molecule has 0 saturated heterocycles. The van der Waals surface area contributed by atoms with Crippen LogP contribution in [-0.2, 0) is 6.18 Å². The van der Waals surface area contributed by atoms with Crippen LogP contribution in [0.15, 0.2) is 36.5 Å². The maximum absolute atomic E-state index is 12.6. The number of phenols is 1. The van der Waals surface area contributed by atoms with Crippen LogP contribution in [0.5, 0.6) is 5.75 Å². The normalized spacial score (nSPS) is 12.0. The Morgan fingerprint density at radius 2 is 1.86 bits per heavy atom. The van der Waals surface area contributed by atoms with Crippen molar-refractivity contribution in [1.82, 2.24) is 14.6 Å². The maximum atomic E-state index is 12.6. The van der Waals surface area contributed by atoms with Crippen molar-refractivity contribution in [3.63, 3.8) is 0 Å². The summed E-state index contributed by atoms with van der Waals surface area (Å²) in [5, 5.41) is 17.4. The van der Waals surface area contributed by atoms with Crippen molar-refractivity contribution in [3.05, 3.63) is 42.1 Å². The predicted octanol–water partition coefficient (Wildman–Crippen LogP) is 2.70. The van der Waals surface area contributed by atoms with Crippen LogP contribution in [0, 0.1) is 0 Å². The molecule has 0 aliphatic carbocycles. The number of pyridine rings is 1. The number of nitrogen functional groups attached to an aromatic ring is 1. The first kappa shape index (κ1) is 13.2. The zero-order chi connectivity index (χ0) is 15.2. The first-order valence-corrected chi connectivity index (χ1v) is 5.88. The van der Waals surface area contributed by atoms with E-state index in [1.807, 2.05) is 0 Å².